The molecule has 2 aromatic carbocycles. The van der Waals surface area contributed by atoms with Crippen molar-refractivity contribution >= 4 is 23.4 Å². The van der Waals surface area contributed by atoms with Crippen molar-refractivity contribution in [2.75, 3.05) is 18.5 Å². The van der Waals surface area contributed by atoms with Crippen LogP contribution in [0.1, 0.15) is 12.5 Å². The molecule has 0 bridgehead atoms. The van der Waals surface area contributed by atoms with E-state index >= 15 is 0 Å². The van der Waals surface area contributed by atoms with E-state index in [1.165, 1.54) is 23.9 Å². The number of rotatable bonds is 6. The van der Waals surface area contributed by atoms with Crippen molar-refractivity contribution in [2.24, 2.45) is 0 Å². The fourth-order valence-electron chi connectivity index (χ4n) is 2.45. The Bertz CT molecular complexity index is 827. The van der Waals surface area contributed by atoms with Gasteiger partial charge in [0.2, 0.25) is 5.91 Å². The number of nitrogens with one attached hydrogen (secondary N) is 1. The molecule has 1 aliphatic rings. The van der Waals surface area contributed by atoms with Crippen LogP contribution in [-0.2, 0) is 10.5 Å². The minimum atomic E-state index is -4.71. The maximum absolute atomic E-state index is 12.4. The van der Waals surface area contributed by atoms with E-state index in [0.717, 1.165) is 5.56 Å². The number of benzene rings is 2. The molecular formula is C19H18F3NO4S. The van der Waals surface area contributed by atoms with E-state index in [0.29, 0.717) is 36.2 Å². The largest absolute Gasteiger partial charge is 0.573 e. The second-order valence-electron chi connectivity index (χ2n) is 5.99. The summed E-state index contributed by atoms with van der Waals surface area (Å²) in [6, 6.07) is 10.8. The first-order chi connectivity index (χ1) is 13.3. The summed E-state index contributed by atoms with van der Waals surface area (Å²) in [5.41, 5.74) is 1.40. The second-order valence-corrected chi connectivity index (χ2v) is 7.32. The molecule has 1 unspecified atom stereocenters. The van der Waals surface area contributed by atoms with E-state index in [1.807, 2.05) is 0 Å². The fourth-order valence-corrected chi connectivity index (χ4v) is 3.29. The highest BCUT2D eigenvalue weighted by atomic mass is 32.2. The number of anilines is 1. The molecule has 0 aliphatic carbocycles. The summed E-state index contributed by atoms with van der Waals surface area (Å²) >= 11 is 1.37. The first-order valence-corrected chi connectivity index (χ1v) is 9.52. The normalized spacial score (nSPS) is 14.3. The van der Waals surface area contributed by atoms with Crippen molar-refractivity contribution in [3.63, 3.8) is 0 Å². The van der Waals surface area contributed by atoms with Crippen LogP contribution >= 0.6 is 11.8 Å². The first-order valence-electron chi connectivity index (χ1n) is 8.47. The van der Waals surface area contributed by atoms with Crippen molar-refractivity contribution in [1.82, 2.24) is 0 Å². The van der Waals surface area contributed by atoms with Gasteiger partial charge in [0.25, 0.3) is 0 Å². The lowest BCUT2D eigenvalue weighted by atomic mass is 10.2. The molecule has 3 rings (SSSR count). The monoisotopic (exact) mass is 413 g/mol. The zero-order valence-electron chi connectivity index (χ0n) is 14.9. The Labute approximate surface area is 164 Å². The molecule has 0 aromatic heterocycles. The summed E-state index contributed by atoms with van der Waals surface area (Å²) in [7, 11) is 0. The third-order valence-electron chi connectivity index (χ3n) is 3.84. The van der Waals surface area contributed by atoms with E-state index in [1.54, 1.807) is 37.3 Å². The van der Waals surface area contributed by atoms with Gasteiger partial charge in [-0.3, -0.25) is 4.79 Å². The quantitative estimate of drug-likeness (QED) is 0.749. The van der Waals surface area contributed by atoms with Crippen LogP contribution in [0.4, 0.5) is 18.9 Å². The fraction of sp³-hybridized carbons (Fsp3) is 0.316. The number of thioether (sulfide) groups is 1. The highest BCUT2D eigenvalue weighted by Gasteiger charge is 2.31. The van der Waals surface area contributed by atoms with Gasteiger partial charge in [0, 0.05) is 17.5 Å². The van der Waals surface area contributed by atoms with E-state index in [9.17, 15) is 18.0 Å². The van der Waals surface area contributed by atoms with Crippen LogP contribution in [-0.4, -0.2) is 30.7 Å². The zero-order valence-corrected chi connectivity index (χ0v) is 15.7. The minimum absolute atomic E-state index is 0.182. The number of carbonyl (C=O) groups excluding carboxylic acids is 1. The van der Waals surface area contributed by atoms with Gasteiger partial charge in [-0.2, -0.15) is 0 Å². The van der Waals surface area contributed by atoms with Gasteiger partial charge in [-0.05, 0) is 36.8 Å². The molecule has 0 radical (unpaired) electrons. The predicted octanol–water partition coefficient (Wildman–Crippen LogP) is 4.62. The van der Waals surface area contributed by atoms with Crippen molar-refractivity contribution in [1.29, 1.82) is 0 Å². The lowest BCUT2D eigenvalue weighted by Gasteiger charge is -2.19. The molecule has 28 heavy (non-hydrogen) atoms. The van der Waals surface area contributed by atoms with Crippen LogP contribution in [0.25, 0.3) is 0 Å². The molecule has 0 saturated carbocycles. The van der Waals surface area contributed by atoms with E-state index in [2.05, 4.69) is 10.1 Å². The average Bonchev–Trinajstić information content (AvgIpc) is 2.66. The molecule has 9 heteroatoms. The Morgan fingerprint density at radius 3 is 2.50 bits per heavy atom. The molecule has 150 valence electrons. The van der Waals surface area contributed by atoms with E-state index in [-0.39, 0.29) is 16.9 Å². The third kappa shape index (κ3) is 5.72. The Morgan fingerprint density at radius 1 is 1.14 bits per heavy atom. The van der Waals surface area contributed by atoms with Crippen LogP contribution in [0.5, 0.6) is 17.2 Å². The van der Waals surface area contributed by atoms with Crippen LogP contribution in [0.2, 0.25) is 0 Å². The molecule has 0 saturated heterocycles. The molecule has 5 nitrogen and oxygen atoms in total. The lowest BCUT2D eigenvalue weighted by molar-refractivity contribution is -0.274. The van der Waals surface area contributed by atoms with Gasteiger partial charge in [-0.25, -0.2) is 0 Å². The second kappa shape index (κ2) is 8.64. The number of carbonyl (C=O) groups is 1. The number of hydrogen-bond acceptors (Lipinski definition) is 5. The van der Waals surface area contributed by atoms with Crippen LogP contribution in [0.15, 0.2) is 42.5 Å². The number of fused-ring (bicyclic) bond motifs is 1. The van der Waals surface area contributed by atoms with Gasteiger partial charge in [-0.1, -0.05) is 12.1 Å². The maximum atomic E-state index is 12.4. The Balaban J connectivity index is 1.50. The molecular weight excluding hydrogens is 395 g/mol. The maximum Gasteiger partial charge on any atom is 0.573 e. The molecule has 1 atom stereocenters. The standard InChI is InChI=1S/C19H18F3NO4S/c1-12(28-11-13-2-5-15(6-3-13)27-19(20,21)22)18(24)23-14-4-7-16-17(10-14)26-9-8-25-16/h2-7,10,12H,8-9,11H2,1H3,(H,23,24). The molecule has 1 heterocycles. The average molecular weight is 413 g/mol. The van der Waals surface area contributed by atoms with Gasteiger partial charge >= 0.3 is 6.36 Å². The SMILES string of the molecule is CC(SCc1ccc(OC(F)(F)F)cc1)C(=O)Nc1ccc2c(c1)OCCO2. The minimum Gasteiger partial charge on any atom is -0.486 e. The summed E-state index contributed by atoms with van der Waals surface area (Å²) in [6.45, 7) is 2.72. The van der Waals surface area contributed by atoms with Crippen LogP contribution in [0.3, 0.4) is 0 Å². The first kappa shape index (κ1) is 20.2. The number of alkyl halides is 3. The highest BCUT2D eigenvalue weighted by Crippen LogP contribution is 2.33. The molecule has 1 amide bonds. The molecule has 0 spiro atoms. The van der Waals surface area contributed by atoms with Gasteiger partial charge < -0.3 is 19.5 Å². The van der Waals surface area contributed by atoms with Gasteiger partial charge in [-0.15, -0.1) is 24.9 Å². The summed E-state index contributed by atoms with van der Waals surface area (Å²) in [5, 5.41) is 2.46. The van der Waals surface area contributed by atoms with Gasteiger partial charge in [0.05, 0.1) is 5.25 Å². The Kier molecular flexibility index (Phi) is 6.23. The number of ether oxygens (including phenoxy) is 3. The number of halogens is 3. The van der Waals surface area contributed by atoms with Crippen molar-refractivity contribution in [3.8, 4) is 17.2 Å². The lowest BCUT2D eigenvalue weighted by Crippen LogP contribution is -2.23. The summed E-state index contributed by atoms with van der Waals surface area (Å²) in [4.78, 5) is 12.4. The smallest absolute Gasteiger partial charge is 0.486 e. The summed E-state index contributed by atoms with van der Waals surface area (Å²) in [6.07, 6.45) is -4.71. The summed E-state index contributed by atoms with van der Waals surface area (Å²) in [5.74, 6) is 1.25. The van der Waals surface area contributed by atoms with Crippen LogP contribution in [0, 0.1) is 0 Å². The van der Waals surface area contributed by atoms with Gasteiger partial charge in [0.15, 0.2) is 11.5 Å². The van der Waals surface area contributed by atoms with Crippen LogP contribution < -0.4 is 19.5 Å². The molecule has 2 aromatic rings. The van der Waals surface area contributed by atoms with Crippen molar-refractivity contribution < 1.29 is 32.2 Å². The summed E-state index contributed by atoms with van der Waals surface area (Å²) < 4.78 is 51.3. The number of amides is 1. The Morgan fingerprint density at radius 2 is 1.82 bits per heavy atom. The highest BCUT2D eigenvalue weighted by molar-refractivity contribution is 7.99. The Hall–Kier alpha value is -2.55. The van der Waals surface area contributed by atoms with Crippen molar-refractivity contribution in [2.45, 2.75) is 24.3 Å². The predicted molar refractivity (Wildman–Crippen MR) is 99.9 cm³/mol. The molecule has 1 N–H and O–H groups in total. The van der Waals surface area contributed by atoms with Gasteiger partial charge in [0.1, 0.15) is 19.0 Å². The number of hydrogen-bond donors (Lipinski definition) is 1. The topological polar surface area (TPSA) is 56.8 Å². The van der Waals surface area contributed by atoms with E-state index in [4.69, 9.17) is 9.47 Å². The zero-order chi connectivity index (χ0) is 20.1. The third-order valence-corrected chi connectivity index (χ3v) is 5.05. The van der Waals surface area contributed by atoms with E-state index < -0.39 is 6.36 Å². The molecule has 0 fully saturated rings. The molecule has 1 aliphatic heterocycles. The van der Waals surface area contributed by atoms with Crippen molar-refractivity contribution in [3.05, 3.63) is 48.0 Å².